The van der Waals surface area contributed by atoms with Crippen LogP contribution in [0.15, 0.2) is 0 Å². The van der Waals surface area contributed by atoms with Gasteiger partial charge in [0.1, 0.15) is 0 Å². The van der Waals surface area contributed by atoms with Crippen molar-refractivity contribution in [3.05, 3.63) is 0 Å². The van der Waals surface area contributed by atoms with Crippen LogP contribution in [0.4, 0.5) is 0 Å². The lowest BCUT2D eigenvalue weighted by Crippen LogP contribution is -3.17. The molecule has 6 aliphatic rings. The molecule has 0 amide bonds. The van der Waals surface area contributed by atoms with Gasteiger partial charge in [0, 0.05) is 0 Å². The summed E-state index contributed by atoms with van der Waals surface area (Å²) >= 11 is 0. The van der Waals surface area contributed by atoms with E-state index in [1.54, 1.807) is 0 Å². The Morgan fingerprint density at radius 2 is 0.800 bits per heavy atom. The topological polar surface area (TPSA) is 0 Å². The third-order valence-electron chi connectivity index (χ3n) is 21.1. The molecule has 0 aliphatic heterocycles. The summed E-state index contributed by atoms with van der Waals surface area (Å²) < 4.78 is 0. The van der Waals surface area contributed by atoms with Crippen LogP contribution >= 0.6 is 0 Å². The zero-order valence-corrected chi connectivity index (χ0v) is 27.3. The van der Waals surface area contributed by atoms with Gasteiger partial charge < -0.3 is 0 Å². The van der Waals surface area contributed by atoms with Crippen molar-refractivity contribution >= 4 is 0 Å². The molecular weight excluding hydrogens is 420 g/mol. The van der Waals surface area contributed by atoms with Gasteiger partial charge in [-0.25, -0.2) is 0 Å². The summed E-state index contributed by atoms with van der Waals surface area (Å²) in [6.45, 7) is 51.3. The fraction of sp³-hybridized carbons (Fsp3) is 1.00. The Labute approximate surface area is 219 Å². The van der Waals surface area contributed by atoms with Gasteiger partial charge in [0.15, 0.2) is 0 Å². The van der Waals surface area contributed by atoms with Gasteiger partial charge in [-0.05, 0) is 88.1 Å². The molecule has 0 N–H and O–H groups in total. The van der Waals surface area contributed by atoms with Gasteiger partial charge in [0.2, 0.25) is 0 Å². The lowest BCUT2D eigenvalue weighted by atomic mass is 8.83. The summed E-state index contributed by atoms with van der Waals surface area (Å²) in [4.78, 5) is 0. The van der Waals surface area contributed by atoms with Crippen LogP contribution in [0.3, 0.4) is 0 Å². The predicted octanol–water partition coefficient (Wildman–Crippen LogP) is 10.3. The molecule has 0 nitrogen and oxygen atoms in total. The van der Waals surface area contributed by atoms with Crippen molar-refractivity contribution in [2.24, 2.45) is 81.7 Å². The van der Waals surface area contributed by atoms with Gasteiger partial charge in [0.05, 0.1) is 0 Å². The van der Waals surface area contributed by atoms with E-state index in [1.807, 2.05) is 0 Å². The molecule has 0 bridgehead atoms. The van der Waals surface area contributed by atoms with Crippen molar-refractivity contribution in [3.8, 4) is 0 Å². The minimum Gasteiger partial charge on any atom is -0.0622 e. The highest BCUT2D eigenvalue weighted by molar-refractivity contribution is 5.64. The van der Waals surface area contributed by atoms with E-state index in [9.17, 15) is 0 Å². The number of rotatable bonds is 1. The minimum atomic E-state index is 0.259. The van der Waals surface area contributed by atoms with Crippen LogP contribution in [0.5, 0.6) is 0 Å². The van der Waals surface area contributed by atoms with Crippen LogP contribution in [-0.4, -0.2) is 0 Å². The molecule has 6 saturated carbocycles. The maximum atomic E-state index is 2.82. The van der Waals surface area contributed by atoms with Crippen molar-refractivity contribution in [1.29, 1.82) is 0 Å². The van der Waals surface area contributed by atoms with Crippen LogP contribution < -0.4 is 0 Å². The lowest BCUT2D eigenvalue weighted by Gasteiger charge is -3.20. The molecule has 0 aromatic rings. The normalized spacial score (nSPS) is 73.0. The molecule has 6 fully saturated rings. The van der Waals surface area contributed by atoms with E-state index in [-0.39, 0.29) is 10.8 Å². The second-order valence-corrected chi connectivity index (χ2v) is 19.2. The summed E-state index contributed by atoms with van der Waals surface area (Å²) in [6, 6.07) is 0. The summed E-state index contributed by atoms with van der Waals surface area (Å²) in [7, 11) is 0. The highest BCUT2D eigenvalue weighted by atomic mass is 15.2. The first-order chi connectivity index (χ1) is 15.2. The van der Waals surface area contributed by atoms with Crippen LogP contribution in [0.25, 0.3) is 0 Å². The Morgan fingerprint density at radius 3 is 1.17 bits per heavy atom. The van der Waals surface area contributed by atoms with E-state index >= 15 is 0 Å². The monoisotopic (exact) mass is 480 g/mol. The minimum absolute atomic E-state index is 0.259. The van der Waals surface area contributed by atoms with Gasteiger partial charge in [-0.2, -0.15) is 0 Å². The highest BCUT2D eigenvalue weighted by Gasteiger charge is 3.18. The first-order valence-electron chi connectivity index (χ1n) is 15.2. The fourth-order valence-electron chi connectivity index (χ4n) is 19.3. The van der Waals surface area contributed by atoms with Gasteiger partial charge in [0.25, 0.3) is 0 Å². The Kier molecular flexibility index (Phi) is 3.45. The first kappa shape index (κ1) is 25.3. The van der Waals surface area contributed by atoms with E-state index in [0.717, 1.165) is 0 Å². The third kappa shape index (κ3) is 1.15. The van der Waals surface area contributed by atoms with Gasteiger partial charge in [-0.1, -0.05) is 132 Å². The maximum absolute atomic E-state index is 2.82. The largest absolute Gasteiger partial charge is 0.0622 e. The molecule has 0 radical (unpaired) electrons. The van der Waals surface area contributed by atoms with Crippen LogP contribution in [0.2, 0.25) is 0 Å². The van der Waals surface area contributed by atoms with Crippen molar-refractivity contribution in [1.82, 2.24) is 0 Å². The Morgan fingerprint density at radius 1 is 0.457 bits per heavy atom. The standard InChI is InChI=1S/C35H60/c1-21(2)25(9)26(10,22(3,4)5)30(14)29(25,13)33(17)32(16)28(12)24(8)20-23(6,7)27(24,11)31(28,15)35(32,19)34(30,33)18/h21H,20H2,1-19H3. The van der Waals surface area contributed by atoms with Crippen molar-refractivity contribution in [3.63, 3.8) is 0 Å². The zero-order valence-electron chi connectivity index (χ0n) is 27.3. The van der Waals surface area contributed by atoms with E-state index < -0.39 is 0 Å². The van der Waals surface area contributed by atoms with Gasteiger partial charge >= 0.3 is 0 Å². The van der Waals surface area contributed by atoms with E-state index in [2.05, 4.69) is 132 Å². The molecule has 12 unspecified atom stereocenters. The fourth-order valence-corrected chi connectivity index (χ4v) is 19.3. The molecular formula is C35H60. The smallest absolute Gasteiger partial charge is 0.0131 e. The van der Waals surface area contributed by atoms with Crippen LogP contribution in [-0.2, 0) is 0 Å². The molecule has 0 heterocycles. The molecule has 0 aromatic carbocycles. The summed E-state index contributed by atoms with van der Waals surface area (Å²) in [6.07, 6.45) is 1.40. The summed E-state index contributed by atoms with van der Waals surface area (Å²) in [5.41, 5.74) is 4.94. The number of fused-ring (bicyclic) bond motifs is 13. The average molecular weight is 481 g/mol. The Balaban J connectivity index is 1.69. The molecule has 35 heavy (non-hydrogen) atoms. The predicted molar refractivity (Wildman–Crippen MR) is 150 cm³/mol. The molecule has 12 atom stereocenters. The second-order valence-electron chi connectivity index (χ2n) is 19.2. The average Bonchev–Trinajstić information content (AvgIpc) is 2.75. The third-order valence-corrected chi connectivity index (χ3v) is 21.1. The van der Waals surface area contributed by atoms with Gasteiger partial charge in [-0.3, -0.25) is 0 Å². The van der Waals surface area contributed by atoms with Crippen molar-refractivity contribution < 1.29 is 0 Å². The summed E-state index contributed by atoms with van der Waals surface area (Å²) in [5, 5.41) is 0. The maximum Gasteiger partial charge on any atom is -0.0131 e. The van der Waals surface area contributed by atoms with E-state index in [1.165, 1.54) is 6.42 Å². The molecule has 0 saturated heterocycles. The number of hydrogen-bond donors (Lipinski definition) is 0. The molecule has 0 aromatic heterocycles. The summed E-state index contributed by atoms with van der Waals surface area (Å²) in [5.74, 6) is 0.672. The van der Waals surface area contributed by atoms with Crippen molar-refractivity contribution in [2.75, 3.05) is 0 Å². The van der Waals surface area contributed by atoms with E-state index in [4.69, 9.17) is 0 Å². The first-order valence-corrected chi connectivity index (χ1v) is 15.2. The van der Waals surface area contributed by atoms with E-state index in [0.29, 0.717) is 70.9 Å². The molecule has 6 rings (SSSR count). The number of hydrogen-bond acceptors (Lipinski definition) is 0. The highest BCUT2D eigenvalue weighted by Crippen LogP contribution is 3.22. The Bertz CT molecular complexity index is 1110. The SMILES string of the molecule is CC(C)C1(C)C(C)(C(C)(C)C)C2(C)C1(C)C1(C)C3(C)C4(C)C5(C)CC(C)(C)C5(C)C4(C)C3(C)C21C. The van der Waals surface area contributed by atoms with Crippen LogP contribution in [0.1, 0.15) is 138 Å². The van der Waals surface area contributed by atoms with Crippen molar-refractivity contribution in [2.45, 2.75) is 138 Å². The quantitative estimate of drug-likeness (QED) is 0.327. The van der Waals surface area contributed by atoms with Crippen LogP contribution in [0, 0.1) is 81.7 Å². The second kappa shape index (κ2) is 4.78. The molecule has 6 aliphatic carbocycles. The van der Waals surface area contributed by atoms with Gasteiger partial charge in [-0.15, -0.1) is 0 Å². The molecule has 200 valence electrons. The molecule has 0 spiro atoms. The molecule has 0 heteroatoms. The zero-order chi connectivity index (χ0) is 27.3. The lowest BCUT2D eigenvalue weighted by molar-refractivity contribution is -0.742. The Hall–Kier alpha value is 0.